The van der Waals surface area contributed by atoms with Crippen LogP contribution in [0.15, 0.2) is 18.3 Å². The Morgan fingerprint density at radius 1 is 1.28 bits per heavy atom. The van der Waals surface area contributed by atoms with Crippen molar-refractivity contribution in [2.24, 2.45) is 0 Å². The number of pyridine rings is 1. The summed E-state index contributed by atoms with van der Waals surface area (Å²) in [6.07, 6.45) is 3.29. The van der Waals surface area contributed by atoms with Crippen LogP contribution in [-0.2, 0) is 5.60 Å². The molecule has 1 fully saturated rings. The molecule has 18 heavy (non-hydrogen) atoms. The summed E-state index contributed by atoms with van der Waals surface area (Å²) < 4.78 is 0. The highest BCUT2D eigenvalue weighted by Crippen LogP contribution is 2.31. The van der Waals surface area contributed by atoms with Crippen molar-refractivity contribution in [3.05, 3.63) is 24.0 Å². The van der Waals surface area contributed by atoms with Crippen LogP contribution in [0.4, 0.5) is 5.69 Å². The van der Waals surface area contributed by atoms with Crippen molar-refractivity contribution < 1.29 is 5.11 Å². The van der Waals surface area contributed by atoms with E-state index in [4.69, 9.17) is 0 Å². The first-order chi connectivity index (χ1) is 8.64. The molecule has 0 aliphatic carbocycles. The molecule has 1 saturated heterocycles. The Balaban J connectivity index is 0.000000771. The van der Waals surface area contributed by atoms with E-state index >= 15 is 0 Å². The highest BCUT2D eigenvalue weighted by atomic mass is 16.3. The lowest BCUT2D eigenvalue weighted by atomic mass is 9.88. The lowest BCUT2D eigenvalue weighted by molar-refractivity contribution is -0.0238. The summed E-state index contributed by atoms with van der Waals surface area (Å²) in [6, 6.07) is 3.87. The third kappa shape index (κ3) is 3.43. The third-order valence-electron chi connectivity index (χ3n) is 3.34. The highest BCUT2D eigenvalue weighted by molar-refractivity contribution is 5.40. The van der Waals surface area contributed by atoms with Gasteiger partial charge < -0.3 is 15.3 Å². The Morgan fingerprint density at radius 3 is 2.33 bits per heavy atom. The van der Waals surface area contributed by atoms with Gasteiger partial charge in [0, 0.05) is 20.1 Å². The first-order valence-corrected chi connectivity index (χ1v) is 6.69. The molecule has 0 atom stereocenters. The summed E-state index contributed by atoms with van der Waals surface area (Å²) in [5.41, 5.74) is 1.03. The molecule has 1 aromatic rings. The van der Waals surface area contributed by atoms with Crippen molar-refractivity contribution in [2.75, 3.05) is 32.5 Å². The second kappa shape index (κ2) is 6.71. The van der Waals surface area contributed by atoms with Crippen LogP contribution >= 0.6 is 0 Å². The minimum atomic E-state index is -0.737. The number of anilines is 1. The molecule has 0 saturated carbocycles. The quantitative estimate of drug-likeness (QED) is 0.844. The number of rotatable bonds is 2. The van der Waals surface area contributed by atoms with Crippen LogP contribution in [0.1, 0.15) is 32.4 Å². The molecular formula is C14H25N3O. The minimum Gasteiger partial charge on any atom is -0.387 e. The van der Waals surface area contributed by atoms with Gasteiger partial charge in [-0.2, -0.15) is 0 Å². The van der Waals surface area contributed by atoms with Crippen molar-refractivity contribution in [1.82, 2.24) is 9.88 Å². The van der Waals surface area contributed by atoms with Gasteiger partial charge in [-0.1, -0.05) is 13.8 Å². The maximum Gasteiger partial charge on any atom is 0.109 e. The van der Waals surface area contributed by atoms with E-state index in [1.165, 1.54) is 0 Å². The molecular weight excluding hydrogens is 226 g/mol. The second-order valence-corrected chi connectivity index (χ2v) is 4.52. The maximum atomic E-state index is 10.5. The fourth-order valence-electron chi connectivity index (χ4n) is 2.06. The number of likely N-dealkylation sites (tertiary alicyclic amines) is 1. The normalized spacial score (nSPS) is 18.7. The first kappa shape index (κ1) is 14.9. The molecule has 2 N–H and O–H groups in total. The molecule has 0 unspecified atom stereocenters. The molecule has 4 heteroatoms. The van der Waals surface area contributed by atoms with E-state index in [-0.39, 0.29) is 0 Å². The van der Waals surface area contributed by atoms with E-state index in [9.17, 15) is 5.11 Å². The summed E-state index contributed by atoms with van der Waals surface area (Å²) in [6.45, 7) is 5.85. The molecule has 2 heterocycles. The van der Waals surface area contributed by atoms with Crippen molar-refractivity contribution in [3.8, 4) is 0 Å². The highest BCUT2D eigenvalue weighted by Gasteiger charge is 2.33. The topological polar surface area (TPSA) is 48.4 Å². The SMILES string of the molecule is CC.CNc1ccc(C2(O)CCN(C)CC2)nc1. The van der Waals surface area contributed by atoms with Gasteiger partial charge in [-0.3, -0.25) is 4.98 Å². The van der Waals surface area contributed by atoms with Crippen LogP contribution in [0.25, 0.3) is 0 Å². The predicted octanol–water partition coefficient (Wildman–Crippen LogP) is 2.06. The molecule has 1 aliphatic heterocycles. The molecule has 0 radical (unpaired) electrons. The third-order valence-corrected chi connectivity index (χ3v) is 3.34. The van der Waals surface area contributed by atoms with E-state index in [2.05, 4.69) is 22.2 Å². The molecule has 2 rings (SSSR count). The van der Waals surface area contributed by atoms with Crippen LogP contribution in [0.3, 0.4) is 0 Å². The predicted molar refractivity (Wildman–Crippen MR) is 75.8 cm³/mol. The van der Waals surface area contributed by atoms with E-state index in [0.717, 1.165) is 37.3 Å². The van der Waals surface area contributed by atoms with Gasteiger partial charge in [0.25, 0.3) is 0 Å². The summed E-state index contributed by atoms with van der Waals surface area (Å²) in [4.78, 5) is 6.57. The van der Waals surface area contributed by atoms with Gasteiger partial charge in [-0.25, -0.2) is 0 Å². The number of nitrogens with one attached hydrogen (secondary N) is 1. The van der Waals surface area contributed by atoms with Crippen LogP contribution in [0.2, 0.25) is 0 Å². The Labute approximate surface area is 110 Å². The smallest absolute Gasteiger partial charge is 0.109 e. The van der Waals surface area contributed by atoms with Crippen molar-refractivity contribution in [1.29, 1.82) is 0 Å². The van der Waals surface area contributed by atoms with Gasteiger partial charge in [0.05, 0.1) is 17.6 Å². The van der Waals surface area contributed by atoms with Gasteiger partial charge in [-0.05, 0) is 32.0 Å². The molecule has 0 aromatic carbocycles. The number of aromatic nitrogens is 1. The van der Waals surface area contributed by atoms with Crippen molar-refractivity contribution in [2.45, 2.75) is 32.3 Å². The lowest BCUT2D eigenvalue weighted by Gasteiger charge is -2.36. The fourth-order valence-corrected chi connectivity index (χ4v) is 2.06. The zero-order valence-corrected chi connectivity index (χ0v) is 11.9. The molecule has 4 nitrogen and oxygen atoms in total. The number of piperidine rings is 1. The number of nitrogens with zero attached hydrogens (tertiary/aromatic N) is 2. The second-order valence-electron chi connectivity index (χ2n) is 4.52. The zero-order chi connectivity index (χ0) is 13.6. The van der Waals surface area contributed by atoms with Crippen LogP contribution in [0, 0.1) is 0 Å². The van der Waals surface area contributed by atoms with Gasteiger partial charge >= 0.3 is 0 Å². The molecule has 102 valence electrons. The van der Waals surface area contributed by atoms with E-state index in [1.807, 2.05) is 33.0 Å². The maximum absolute atomic E-state index is 10.5. The van der Waals surface area contributed by atoms with Gasteiger partial charge in [0.15, 0.2) is 0 Å². The number of hydrogen-bond acceptors (Lipinski definition) is 4. The van der Waals surface area contributed by atoms with Gasteiger partial charge in [-0.15, -0.1) is 0 Å². The number of aliphatic hydroxyl groups is 1. The van der Waals surface area contributed by atoms with Gasteiger partial charge in [0.1, 0.15) is 5.60 Å². The number of hydrogen-bond donors (Lipinski definition) is 2. The largest absolute Gasteiger partial charge is 0.387 e. The lowest BCUT2D eigenvalue weighted by Crippen LogP contribution is -2.41. The average Bonchev–Trinajstić information content (AvgIpc) is 2.45. The van der Waals surface area contributed by atoms with E-state index < -0.39 is 5.60 Å². The summed E-state index contributed by atoms with van der Waals surface area (Å²) >= 11 is 0. The molecule has 0 bridgehead atoms. The van der Waals surface area contributed by atoms with Crippen LogP contribution < -0.4 is 5.32 Å². The molecule has 0 spiro atoms. The van der Waals surface area contributed by atoms with Crippen LogP contribution in [-0.4, -0.2) is 42.2 Å². The Morgan fingerprint density at radius 2 is 1.89 bits per heavy atom. The van der Waals surface area contributed by atoms with Crippen LogP contribution in [0.5, 0.6) is 0 Å². The Hall–Kier alpha value is -1.13. The van der Waals surface area contributed by atoms with E-state index in [1.54, 1.807) is 6.20 Å². The monoisotopic (exact) mass is 251 g/mol. The van der Waals surface area contributed by atoms with Crippen molar-refractivity contribution in [3.63, 3.8) is 0 Å². The average molecular weight is 251 g/mol. The molecule has 1 aromatic heterocycles. The first-order valence-electron chi connectivity index (χ1n) is 6.69. The fraction of sp³-hybridized carbons (Fsp3) is 0.643. The molecule has 0 amide bonds. The summed E-state index contributed by atoms with van der Waals surface area (Å²) in [7, 11) is 3.94. The summed E-state index contributed by atoms with van der Waals surface area (Å²) in [5.74, 6) is 0. The van der Waals surface area contributed by atoms with Gasteiger partial charge in [0.2, 0.25) is 0 Å². The van der Waals surface area contributed by atoms with Crippen molar-refractivity contribution >= 4 is 5.69 Å². The summed E-state index contributed by atoms with van der Waals surface area (Å²) in [5, 5.41) is 13.5. The molecule has 1 aliphatic rings. The zero-order valence-electron chi connectivity index (χ0n) is 11.9. The Bertz CT molecular complexity index is 343. The Kier molecular flexibility index (Phi) is 5.56. The standard InChI is InChI=1S/C12H19N3O.C2H6/c1-13-10-3-4-11(14-9-10)12(16)5-7-15(2)8-6-12;1-2/h3-4,9,13,16H,5-8H2,1-2H3;1-2H3. The minimum absolute atomic E-state index is 0.737. The van der Waals surface area contributed by atoms with E-state index in [0.29, 0.717) is 0 Å².